The maximum atomic E-state index is 12.1. The molecule has 0 N–H and O–H groups in total. The smallest absolute Gasteiger partial charge is 0.253 e. The van der Waals surface area contributed by atoms with Crippen molar-refractivity contribution in [2.24, 2.45) is 0 Å². The molecule has 2 nitrogen and oxygen atoms in total. The highest BCUT2D eigenvalue weighted by atomic mass is 32.1. The van der Waals surface area contributed by atoms with Gasteiger partial charge in [-0.25, -0.2) is 0 Å². The van der Waals surface area contributed by atoms with Crippen LogP contribution in [0.25, 0.3) is 0 Å². The molecular formula is C13H13NOS2. The van der Waals surface area contributed by atoms with Gasteiger partial charge in [0.05, 0.1) is 0 Å². The fourth-order valence-electron chi connectivity index (χ4n) is 1.59. The molecule has 0 unspecified atom stereocenters. The zero-order valence-electron chi connectivity index (χ0n) is 9.46. The molecule has 0 aliphatic carbocycles. The first-order valence-corrected chi connectivity index (χ1v) is 6.61. The summed E-state index contributed by atoms with van der Waals surface area (Å²) in [6, 6.07) is 9.33. The molecule has 0 saturated carbocycles. The van der Waals surface area contributed by atoms with Crippen molar-refractivity contribution in [3.05, 3.63) is 52.2 Å². The van der Waals surface area contributed by atoms with Crippen LogP contribution in [0.15, 0.2) is 46.0 Å². The van der Waals surface area contributed by atoms with E-state index < -0.39 is 0 Å². The Bertz CT molecular complexity index is 508. The first-order valence-electron chi connectivity index (χ1n) is 5.22. The summed E-state index contributed by atoms with van der Waals surface area (Å²) in [5.74, 6) is 0.0205. The predicted molar refractivity (Wildman–Crippen MR) is 73.8 cm³/mol. The molecule has 2 aromatic rings. The molecule has 1 aromatic heterocycles. The van der Waals surface area contributed by atoms with Crippen LogP contribution in [0.4, 0.5) is 0 Å². The molecule has 1 amide bonds. The maximum Gasteiger partial charge on any atom is 0.253 e. The van der Waals surface area contributed by atoms with Gasteiger partial charge in [-0.2, -0.15) is 11.3 Å². The fourth-order valence-corrected chi connectivity index (χ4v) is 2.47. The molecule has 0 fully saturated rings. The van der Waals surface area contributed by atoms with Crippen LogP contribution >= 0.6 is 24.0 Å². The average Bonchev–Trinajstić information content (AvgIpc) is 2.80. The van der Waals surface area contributed by atoms with Gasteiger partial charge in [-0.1, -0.05) is 6.07 Å². The molecule has 0 aliphatic rings. The quantitative estimate of drug-likeness (QED) is 0.842. The molecule has 0 bridgehead atoms. The minimum Gasteiger partial charge on any atom is -0.337 e. The maximum absolute atomic E-state index is 12.1. The van der Waals surface area contributed by atoms with Crippen molar-refractivity contribution in [1.82, 2.24) is 4.90 Å². The number of carbonyl (C=O) groups is 1. The Balaban J connectivity index is 2.09. The Kier molecular flexibility index (Phi) is 3.86. The number of thiol groups is 1. The van der Waals surface area contributed by atoms with Crippen LogP contribution in [0.1, 0.15) is 15.9 Å². The third-order valence-electron chi connectivity index (χ3n) is 2.44. The Morgan fingerprint density at radius 2 is 2.24 bits per heavy atom. The van der Waals surface area contributed by atoms with Crippen LogP contribution in [-0.4, -0.2) is 17.9 Å². The number of hydrogen-bond acceptors (Lipinski definition) is 3. The van der Waals surface area contributed by atoms with Gasteiger partial charge >= 0.3 is 0 Å². The minimum absolute atomic E-state index is 0.0205. The van der Waals surface area contributed by atoms with E-state index in [1.54, 1.807) is 22.3 Å². The lowest BCUT2D eigenvalue weighted by atomic mass is 10.2. The summed E-state index contributed by atoms with van der Waals surface area (Å²) in [7, 11) is 1.81. The number of rotatable bonds is 3. The summed E-state index contributed by atoms with van der Waals surface area (Å²) in [6.07, 6.45) is 0. The van der Waals surface area contributed by atoms with Gasteiger partial charge in [0.15, 0.2) is 0 Å². The van der Waals surface area contributed by atoms with Crippen molar-refractivity contribution in [1.29, 1.82) is 0 Å². The lowest BCUT2D eigenvalue weighted by molar-refractivity contribution is 0.0785. The Morgan fingerprint density at radius 1 is 1.41 bits per heavy atom. The predicted octanol–water partition coefficient (Wildman–Crippen LogP) is 3.31. The van der Waals surface area contributed by atoms with E-state index >= 15 is 0 Å². The minimum atomic E-state index is 0.0205. The highest BCUT2D eigenvalue weighted by Crippen LogP contribution is 2.13. The molecule has 0 saturated heterocycles. The van der Waals surface area contributed by atoms with E-state index in [1.165, 1.54) is 0 Å². The van der Waals surface area contributed by atoms with Crippen molar-refractivity contribution in [2.75, 3.05) is 7.05 Å². The van der Waals surface area contributed by atoms with Gasteiger partial charge in [0.1, 0.15) is 0 Å². The molecule has 2 rings (SSSR count). The summed E-state index contributed by atoms with van der Waals surface area (Å²) in [5, 5.41) is 4.07. The first kappa shape index (κ1) is 12.2. The molecular weight excluding hydrogens is 250 g/mol. The number of carbonyl (C=O) groups excluding carboxylic acids is 1. The van der Waals surface area contributed by atoms with Crippen LogP contribution in [0.2, 0.25) is 0 Å². The molecule has 0 radical (unpaired) electrons. The monoisotopic (exact) mass is 263 g/mol. The second kappa shape index (κ2) is 5.38. The largest absolute Gasteiger partial charge is 0.337 e. The highest BCUT2D eigenvalue weighted by molar-refractivity contribution is 7.80. The number of thiophene rings is 1. The SMILES string of the molecule is CN(Cc1ccsc1)C(=O)c1cccc(S)c1. The highest BCUT2D eigenvalue weighted by Gasteiger charge is 2.12. The van der Waals surface area contributed by atoms with Gasteiger partial charge in [0, 0.05) is 24.1 Å². The van der Waals surface area contributed by atoms with Crippen molar-refractivity contribution >= 4 is 29.9 Å². The van der Waals surface area contributed by atoms with Crippen LogP contribution in [0.5, 0.6) is 0 Å². The lowest BCUT2D eigenvalue weighted by Crippen LogP contribution is -2.25. The zero-order chi connectivity index (χ0) is 12.3. The van der Waals surface area contributed by atoms with E-state index in [1.807, 2.05) is 36.7 Å². The van der Waals surface area contributed by atoms with Crippen LogP contribution in [0, 0.1) is 0 Å². The molecule has 0 aliphatic heterocycles. The third kappa shape index (κ3) is 3.11. The molecule has 1 heterocycles. The van der Waals surface area contributed by atoms with Crippen LogP contribution < -0.4 is 0 Å². The van der Waals surface area contributed by atoms with Crippen LogP contribution in [0.3, 0.4) is 0 Å². The number of benzene rings is 1. The molecule has 0 spiro atoms. The van der Waals surface area contributed by atoms with E-state index in [0.29, 0.717) is 12.1 Å². The summed E-state index contributed by atoms with van der Waals surface area (Å²) < 4.78 is 0. The van der Waals surface area contributed by atoms with Gasteiger partial charge in [-0.05, 0) is 40.6 Å². The lowest BCUT2D eigenvalue weighted by Gasteiger charge is -2.16. The Morgan fingerprint density at radius 3 is 2.88 bits per heavy atom. The van der Waals surface area contributed by atoms with E-state index in [-0.39, 0.29) is 5.91 Å². The van der Waals surface area contributed by atoms with Gasteiger partial charge in [-0.3, -0.25) is 4.79 Å². The second-order valence-corrected chi connectivity index (χ2v) is 5.14. The van der Waals surface area contributed by atoms with Gasteiger partial charge < -0.3 is 4.90 Å². The van der Waals surface area contributed by atoms with Crippen molar-refractivity contribution in [3.8, 4) is 0 Å². The van der Waals surface area contributed by atoms with Gasteiger partial charge in [-0.15, -0.1) is 12.6 Å². The fraction of sp³-hybridized carbons (Fsp3) is 0.154. The van der Waals surface area contributed by atoms with Crippen molar-refractivity contribution < 1.29 is 4.79 Å². The van der Waals surface area contributed by atoms with Gasteiger partial charge in [0.25, 0.3) is 5.91 Å². The standard InChI is InChI=1S/C13H13NOS2/c1-14(8-10-5-6-17-9-10)13(15)11-3-2-4-12(16)7-11/h2-7,9,16H,8H2,1H3. The van der Waals surface area contributed by atoms with E-state index in [0.717, 1.165) is 10.5 Å². The van der Waals surface area contributed by atoms with Crippen LogP contribution in [-0.2, 0) is 6.54 Å². The second-order valence-electron chi connectivity index (χ2n) is 3.84. The van der Waals surface area contributed by atoms with E-state index in [9.17, 15) is 4.79 Å². The topological polar surface area (TPSA) is 20.3 Å². The van der Waals surface area contributed by atoms with Gasteiger partial charge in [0.2, 0.25) is 0 Å². The first-order chi connectivity index (χ1) is 8.16. The summed E-state index contributed by atoms with van der Waals surface area (Å²) in [5.41, 5.74) is 1.84. The average molecular weight is 263 g/mol. The third-order valence-corrected chi connectivity index (χ3v) is 3.45. The molecule has 4 heteroatoms. The number of nitrogens with zero attached hydrogens (tertiary/aromatic N) is 1. The zero-order valence-corrected chi connectivity index (χ0v) is 11.2. The normalized spacial score (nSPS) is 10.2. The number of hydrogen-bond donors (Lipinski definition) is 1. The molecule has 88 valence electrons. The van der Waals surface area contributed by atoms with Crippen molar-refractivity contribution in [3.63, 3.8) is 0 Å². The van der Waals surface area contributed by atoms with E-state index in [2.05, 4.69) is 18.0 Å². The molecule has 1 aromatic carbocycles. The summed E-state index contributed by atoms with van der Waals surface area (Å²) >= 11 is 5.88. The summed E-state index contributed by atoms with van der Waals surface area (Å²) in [4.78, 5) is 14.6. The Labute approximate surface area is 110 Å². The van der Waals surface area contributed by atoms with E-state index in [4.69, 9.17) is 0 Å². The molecule has 0 atom stereocenters. The summed E-state index contributed by atoms with van der Waals surface area (Å²) in [6.45, 7) is 0.638. The Hall–Kier alpha value is -1.26. The van der Waals surface area contributed by atoms with Crippen molar-refractivity contribution in [2.45, 2.75) is 11.4 Å². The molecule has 17 heavy (non-hydrogen) atoms. The number of amides is 1.